The van der Waals surface area contributed by atoms with Crippen LogP contribution in [0.3, 0.4) is 0 Å². The number of benzene rings is 1. The summed E-state index contributed by atoms with van der Waals surface area (Å²) in [5.41, 5.74) is 6.62. The maximum Gasteiger partial charge on any atom is 0.125 e. The van der Waals surface area contributed by atoms with Crippen molar-refractivity contribution in [3.8, 4) is 0 Å². The normalized spacial score (nSPS) is 12.2. The second kappa shape index (κ2) is 5.33. The molecular weight excluding hydrogens is 247 g/mol. The van der Waals surface area contributed by atoms with Gasteiger partial charge in [0.15, 0.2) is 0 Å². The Hall–Kier alpha value is -1.00. The number of hydrogen-bond acceptors (Lipinski definition) is 3. The molecule has 0 amide bonds. The summed E-state index contributed by atoms with van der Waals surface area (Å²) in [5, 5.41) is 1.08. The van der Waals surface area contributed by atoms with Gasteiger partial charge in [-0.15, -0.1) is 11.3 Å². The molecule has 2 aromatic rings. The fourth-order valence-electron chi connectivity index (χ4n) is 2.02. The number of hydrogen-bond donors (Lipinski definition) is 1. The third-order valence-corrected chi connectivity index (χ3v) is 4.33. The molecule has 0 radical (unpaired) electrons. The first kappa shape index (κ1) is 13.4. The van der Waals surface area contributed by atoms with E-state index in [1.807, 2.05) is 0 Å². The molecule has 0 aliphatic carbocycles. The molecule has 0 aliphatic rings. The van der Waals surface area contributed by atoms with E-state index in [4.69, 9.17) is 5.73 Å². The van der Waals surface area contributed by atoms with E-state index in [1.54, 1.807) is 17.4 Å². The number of nitrogens with zero attached hydrogens (tertiary/aromatic N) is 1. The Morgan fingerprint density at radius 3 is 2.83 bits per heavy atom. The van der Waals surface area contributed by atoms with E-state index in [1.165, 1.54) is 12.1 Å². The van der Waals surface area contributed by atoms with Gasteiger partial charge in [-0.2, -0.15) is 0 Å². The first-order valence-corrected chi connectivity index (χ1v) is 7.07. The lowest BCUT2D eigenvalue weighted by Crippen LogP contribution is -2.17. The monoisotopic (exact) mass is 266 g/mol. The molecule has 0 unspecified atom stereocenters. The minimum absolute atomic E-state index is 0.220. The van der Waals surface area contributed by atoms with Crippen LogP contribution in [-0.4, -0.2) is 11.5 Å². The van der Waals surface area contributed by atoms with Crippen LogP contribution in [0.15, 0.2) is 18.2 Å². The molecule has 0 bridgehead atoms. The van der Waals surface area contributed by atoms with Gasteiger partial charge in [0.2, 0.25) is 0 Å². The molecule has 2 rings (SSSR count). The number of nitrogens with two attached hydrogens (primary N) is 1. The zero-order valence-electron chi connectivity index (χ0n) is 10.9. The van der Waals surface area contributed by atoms with Crippen molar-refractivity contribution in [2.45, 2.75) is 33.1 Å². The highest BCUT2D eigenvalue weighted by Crippen LogP contribution is 2.29. The van der Waals surface area contributed by atoms with E-state index >= 15 is 0 Å². The van der Waals surface area contributed by atoms with E-state index in [2.05, 4.69) is 18.8 Å². The van der Waals surface area contributed by atoms with E-state index < -0.39 is 0 Å². The first-order valence-electron chi connectivity index (χ1n) is 6.25. The van der Waals surface area contributed by atoms with Crippen molar-refractivity contribution in [3.63, 3.8) is 0 Å². The van der Waals surface area contributed by atoms with E-state index in [9.17, 15) is 4.39 Å². The average molecular weight is 266 g/mol. The second-order valence-corrected chi connectivity index (χ2v) is 6.54. The zero-order chi connectivity index (χ0) is 13.2. The molecule has 1 aromatic heterocycles. The third kappa shape index (κ3) is 3.27. The number of halogens is 1. The van der Waals surface area contributed by atoms with E-state index in [-0.39, 0.29) is 11.2 Å². The van der Waals surface area contributed by atoms with Gasteiger partial charge in [-0.3, -0.25) is 0 Å². The molecule has 18 heavy (non-hydrogen) atoms. The summed E-state index contributed by atoms with van der Waals surface area (Å²) < 4.78 is 14.1. The lowest BCUT2D eigenvalue weighted by atomic mass is 9.84. The molecule has 0 fully saturated rings. The van der Waals surface area contributed by atoms with Gasteiger partial charge in [0.05, 0.1) is 15.2 Å². The Morgan fingerprint density at radius 1 is 1.33 bits per heavy atom. The van der Waals surface area contributed by atoms with Gasteiger partial charge < -0.3 is 5.73 Å². The molecule has 1 heterocycles. The van der Waals surface area contributed by atoms with Crippen LogP contribution < -0.4 is 5.73 Å². The van der Waals surface area contributed by atoms with Gasteiger partial charge >= 0.3 is 0 Å². The summed E-state index contributed by atoms with van der Waals surface area (Å²) in [6.45, 7) is 5.18. The summed E-state index contributed by atoms with van der Waals surface area (Å²) in [6, 6.07) is 4.79. The van der Waals surface area contributed by atoms with Crippen LogP contribution in [0.25, 0.3) is 10.2 Å². The van der Waals surface area contributed by atoms with Crippen molar-refractivity contribution in [3.05, 3.63) is 29.0 Å². The highest BCUT2D eigenvalue weighted by Gasteiger charge is 2.17. The predicted molar refractivity (Wildman–Crippen MR) is 75.4 cm³/mol. The number of rotatable bonds is 5. The van der Waals surface area contributed by atoms with Crippen LogP contribution in [-0.2, 0) is 6.42 Å². The summed E-state index contributed by atoms with van der Waals surface area (Å²) >= 11 is 1.66. The summed E-state index contributed by atoms with van der Waals surface area (Å²) in [4.78, 5) is 4.48. The summed E-state index contributed by atoms with van der Waals surface area (Å²) in [7, 11) is 0. The molecule has 4 heteroatoms. The van der Waals surface area contributed by atoms with Gasteiger partial charge in [0.25, 0.3) is 0 Å². The molecular formula is C14H19FN2S. The van der Waals surface area contributed by atoms with E-state index in [0.717, 1.165) is 41.0 Å². The van der Waals surface area contributed by atoms with Crippen molar-refractivity contribution in [1.82, 2.24) is 4.98 Å². The number of aromatic nitrogens is 1. The minimum Gasteiger partial charge on any atom is -0.330 e. The lowest BCUT2D eigenvalue weighted by molar-refractivity contribution is 0.313. The Bertz CT molecular complexity index is 534. The lowest BCUT2D eigenvalue weighted by Gasteiger charge is -2.22. The van der Waals surface area contributed by atoms with Gasteiger partial charge in [-0.25, -0.2) is 9.37 Å². The van der Waals surface area contributed by atoms with Crippen LogP contribution in [0.1, 0.15) is 31.7 Å². The molecule has 0 spiro atoms. The number of fused-ring (bicyclic) bond motifs is 1. The Balaban J connectivity index is 2.08. The van der Waals surface area contributed by atoms with Crippen molar-refractivity contribution >= 4 is 21.6 Å². The topological polar surface area (TPSA) is 38.9 Å². The maximum atomic E-state index is 13.1. The second-order valence-electron chi connectivity index (χ2n) is 5.42. The van der Waals surface area contributed by atoms with Crippen LogP contribution in [0.2, 0.25) is 0 Å². The molecule has 2 nitrogen and oxygen atoms in total. The maximum absolute atomic E-state index is 13.1. The largest absolute Gasteiger partial charge is 0.330 e. The molecule has 1 aromatic carbocycles. The highest BCUT2D eigenvalue weighted by molar-refractivity contribution is 7.18. The minimum atomic E-state index is -0.220. The van der Waals surface area contributed by atoms with Crippen molar-refractivity contribution < 1.29 is 4.39 Å². The highest BCUT2D eigenvalue weighted by atomic mass is 32.1. The Morgan fingerprint density at radius 2 is 2.11 bits per heavy atom. The van der Waals surface area contributed by atoms with Gasteiger partial charge in [0, 0.05) is 6.07 Å². The fourth-order valence-corrected chi connectivity index (χ4v) is 2.96. The molecule has 0 saturated heterocycles. The Kier molecular flexibility index (Phi) is 3.97. The van der Waals surface area contributed by atoms with Gasteiger partial charge in [0.1, 0.15) is 5.82 Å². The Labute approximate surface area is 111 Å². The van der Waals surface area contributed by atoms with Crippen LogP contribution in [0.5, 0.6) is 0 Å². The molecule has 0 atom stereocenters. The summed E-state index contributed by atoms with van der Waals surface area (Å²) in [6.07, 6.45) is 3.02. The molecule has 98 valence electrons. The fraction of sp³-hybridized carbons (Fsp3) is 0.500. The predicted octanol–water partition coefficient (Wildman–Crippen LogP) is 3.74. The number of thiazole rings is 1. The van der Waals surface area contributed by atoms with E-state index in [0.29, 0.717) is 0 Å². The molecule has 0 saturated carbocycles. The van der Waals surface area contributed by atoms with Crippen LogP contribution >= 0.6 is 11.3 Å². The molecule has 2 N–H and O–H groups in total. The number of aryl methyl sites for hydroxylation is 1. The quantitative estimate of drug-likeness (QED) is 0.895. The zero-order valence-corrected chi connectivity index (χ0v) is 11.7. The van der Waals surface area contributed by atoms with Gasteiger partial charge in [-0.05, 0) is 43.4 Å². The molecule has 0 aliphatic heterocycles. The summed E-state index contributed by atoms with van der Waals surface area (Å²) in [5.74, 6) is -0.220. The van der Waals surface area contributed by atoms with Gasteiger partial charge in [-0.1, -0.05) is 13.8 Å². The van der Waals surface area contributed by atoms with Crippen molar-refractivity contribution in [2.24, 2.45) is 11.1 Å². The van der Waals surface area contributed by atoms with Crippen molar-refractivity contribution in [1.29, 1.82) is 0 Å². The third-order valence-electron chi connectivity index (χ3n) is 3.23. The SMILES string of the molecule is CC(C)(CCN)CCc1nc2cc(F)ccc2s1. The van der Waals surface area contributed by atoms with Crippen LogP contribution in [0, 0.1) is 11.2 Å². The van der Waals surface area contributed by atoms with Crippen LogP contribution in [0.4, 0.5) is 4.39 Å². The first-order chi connectivity index (χ1) is 8.50. The standard InChI is InChI=1S/C14H19FN2S/c1-14(2,7-8-16)6-5-13-17-11-9-10(15)3-4-12(11)18-13/h3-4,9H,5-8,16H2,1-2H3. The smallest absolute Gasteiger partial charge is 0.125 e. The average Bonchev–Trinajstić information content (AvgIpc) is 2.68. The van der Waals surface area contributed by atoms with Crippen molar-refractivity contribution in [2.75, 3.05) is 6.54 Å².